The molecule has 1 aliphatic rings. The highest BCUT2D eigenvalue weighted by Gasteiger charge is 2.34. The van der Waals surface area contributed by atoms with Gasteiger partial charge in [-0.2, -0.15) is 5.10 Å². The number of likely N-dealkylation sites (tertiary alicyclic amines) is 1. The van der Waals surface area contributed by atoms with E-state index in [-0.39, 0.29) is 12.0 Å². The number of aromatic amines is 1. The molecule has 0 bridgehead atoms. The van der Waals surface area contributed by atoms with Crippen LogP contribution in [0.1, 0.15) is 30.8 Å². The number of benzene rings is 2. The minimum Gasteiger partial charge on any atom is -0.386 e. The number of aromatic nitrogens is 2. The van der Waals surface area contributed by atoms with E-state index in [0.29, 0.717) is 33.8 Å². The fourth-order valence-electron chi connectivity index (χ4n) is 5.01. The molecule has 1 fully saturated rings. The van der Waals surface area contributed by atoms with Crippen molar-refractivity contribution in [2.24, 2.45) is 27.7 Å². The fourth-order valence-corrected chi connectivity index (χ4v) is 5.18. The zero-order chi connectivity index (χ0) is 29.5. The van der Waals surface area contributed by atoms with E-state index in [0.717, 1.165) is 41.2 Å². The quantitative estimate of drug-likeness (QED) is 0.0692. The van der Waals surface area contributed by atoms with Gasteiger partial charge in [-0.15, -0.1) is 0 Å². The average molecular weight is 574 g/mol. The van der Waals surface area contributed by atoms with Gasteiger partial charge in [-0.25, -0.2) is 10.8 Å². The van der Waals surface area contributed by atoms with Crippen LogP contribution in [0.5, 0.6) is 0 Å². The lowest BCUT2D eigenvalue weighted by molar-refractivity contribution is -0.104. The molecule has 2 heterocycles. The zero-order valence-corrected chi connectivity index (χ0v) is 23.7. The molecule has 4 rings (SSSR count). The number of anilines is 2. The van der Waals surface area contributed by atoms with Crippen molar-refractivity contribution in [2.75, 3.05) is 24.4 Å². The number of imidazole rings is 1. The maximum Gasteiger partial charge on any atom is 0.161 e. The Labute approximate surface area is 243 Å². The molecular formula is C29H32ClN9O2. The number of allylic oxidation sites excluding steroid dienone is 4. The van der Waals surface area contributed by atoms with Crippen LogP contribution in [-0.4, -0.2) is 54.1 Å². The van der Waals surface area contributed by atoms with Crippen LogP contribution in [0.25, 0.3) is 16.8 Å². The Morgan fingerprint density at radius 1 is 1.24 bits per heavy atom. The second-order valence-electron chi connectivity index (χ2n) is 9.50. The fraction of sp³-hybridized carbons (Fsp3) is 0.207. The number of nitrogens with zero attached hydrogens (tertiary/aromatic N) is 5. The summed E-state index contributed by atoms with van der Waals surface area (Å²) in [6, 6.07) is 10.9. The van der Waals surface area contributed by atoms with Gasteiger partial charge in [0.15, 0.2) is 6.29 Å². The second kappa shape index (κ2) is 13.1. The van der Waals surface area contributed by atoms with Crippen molar-refractivity contribution in [3.8, 4) is 11.3 Å². The summed E-state index contributed by atoms with van der Waals surface area (Å²) >= 11 is 6.32. The first-order chi connectivity index (χ1) is 19.8. The number of aliphatic imine (C=N–C) groups is 1. The van der Waals surface area contributed by atoms with Crippen molar-refractivity contribution in [1.29, 1.82) is 0 Å². The van der Waals surface area contributed by atoms with Crippen LogP contribution >= 0.6 is 11.6 Å². The highest BCUT2D eigenvalue weighted by molar-refractivity contribution is 6.31. The summed E-state index contributed by atoms with van der Waals surface area (Å²) in [5.74, 6) is 12.4. The number of nitrogens with one attached hydrogen (secondary N) is 2. The molecule has 12 heteroatoms. The highest BCUT2D eigenvalue weighted by Crippen LogP contribution is 2.42. The molecule has 0 spiro atoms. The molecule has 6 N–H and O–H groups in total. The van der Waals surface area contributed by atoms with Crippen LogP contribution in [-0.2, 0) is 9.59 Å². The topological polar surface area (TPSA) is 158 Å². The van der Waals surface area contributed by atoms with E-state index in [4.69, 9.17) is 28.3 Å². The Bertz CT molecular complexity index is 1540. The first-order valence-corrected chi connectivity index (χ1v) is 13.2. The Balaban J connectivity index is 1.66. The third kappa shape index (κ3) is 6.37. The van der Waals surface area contributed by atoms with E-state index in [1.54, 1.807) is 31.4 Å². The SMILES string of the molecule is CNc1ccc(-c2cnc(C3C[C@@H](C)/C(=C/C(=C\C=O)c4cc(Cl)ccc4N(N)/C=N\N)N3C)[nH]2)cc1/N=C\C=O. The van der Waals surface area contributed by atoms with Crippen molar-refractivity contribution in [2.45, 2.75) is 19.4 Å². The Kier molecular flexibility index (Phi) is 9.33. The van der Waals surface area contributed by atoms with Crippen LogP contribution < -0.4 is 22.0 Å². The first-order valence-electron chi connectivity index (χ1n) is 12.8. The number of hydrogen-bond donors (Lipinski definition) is 4. The predicted molar refractivity (Wildman–Crippen MR) is 165 cm³/mol. The van der Waals surface area contributed by atoms with Crippen molar-refractivity contribution < 1.29 is 9.59 Å². The van der Waals surface area contributed by atoms with Gasteiger partial charge in [0.1, 0.15) is 18.4 Å². The summed E-state index contributed by atoms with van der Waals surface area (Å²) in [6.07, 6.45) is 9.93. The van der Waals surface area contributed by atoms with Crippen LogP contribution in [0.2, 0.25) is 5.02 Å². The molecule has 41 heavy (non-hydrogen) atoms. The van der Waals surface area contributed by atoms with E-state index in [1.165, 1.54) is 23.6 Å². The smallest absolute Gasteiger partial charge is 0.161 e. The van der Waals surface area contributed by atoms with Crippen LogP contribution in [0.15, 0.2) is 70.5 Å². The van der Waals surface area contributed by atoms with E-state index in [2.05, 4.69) is 32.2 Å². The van der Waals surface area contributed by atoms with E-state index < -0.39 is 0 Å². The summed E-state index contributed by atoms with van der Waals surface area (Å²) in [7, 11) is 3.80. The molecule has 2 atom stereocenters. The number of carbonyl (C=O) groups is 2. The number of rotatable bonds is 10. The summed E-state index contributed by atoms with van der Waals surface area (Å²) in [5.41, 5.74) is 6.07. The summed E-state index contributed by atoms with van der Waals surface area (Å²) in [4.78, 5) is 37.0. The largest absolute Gasteiger partial charge is 0.386 e. The van der Waals surface area contributed by atoms with Gasteiger partial charge in [-0.3, -0.25) is 19.6 Å². The second-order valence-corrected chi connectivity index (χ2v) is 9.94. The van der Waals surface area contributed by atoms with Gasteiger partial charge in [-0.05, 0) is 60.4 Å². The molecule has 1 aliphatic heterocycles. The maximum atomic E-state index is 11.7. The molecule has 1 unspecified atom stereocenters. The van der Waals surface area contributed by atoms with Crippen molar-refractivity contribution >= 4 is 59.4 Å². The third-order valence-electron chi connectivity index (χ3n) is 7.01. The number of halogens is 1. The van der Waals surface area contributed by atoms with Gasteiger partial charge in [0.25, 0.3) is 0 Å². The van der Waals surface area contributed by atoms with Crippen molar-refractivity contribution in [1.82, 2.24) is 14.9 Å². The van der Waals surface area contributed by atoms with Gasteiger partial charge in [-0.1, -0.05) is 24.6 Å². The summed E-state index contributed by atoms with van der Waals surface area (Å²) in [5, 5.41) is 8.35. The molecule has 2 aromatic carbocycles. The van der Waals surface area contributed by atoms with Gasteiger partial charge in [0.2, 0.25) is 0 Å². The molecular weight excluding hydrogens is 542 g/mol. The molecule has 0 saturated carbocycles. The Hall–Kier alpha value is -4.74. The lowest BCUT2D eigenvalue weighted by Crippen LogP contribution is -2.30. The predicted octanol–water partition coefficient (Wildman–Crippen LogP) is 4.43. The molecule has 1 aromatic heterocycles. The number of nitrogens with two attached hydrogens (primary N) is 2. The highest BCUT2D eigenvalue weighted by atomic mass is 35.5. The maximum absolute atomic E-state index is 11.7. The number of carbonyl (C=O) groups excluding carboxylic acids is 2. The number of aldehydes is 2. The van der Waals surface area contributed by atoms with Crippen LogP contribution in [0.3, 0.4) is 0 Å². The third-order valence-corrected chi connectivity index (χ3v) is 7.25. The van der Waals surface area contributed by atoms with E-state index in [9.17, 15) is 9.59 Å². The lowest BCUT2D eigenvalue weighted by Gasteiger charge is -2.23. The lowest BCUT2D eigenvalue weighted by atomic mass is 9.98. The molecule has 1 saturated heterocycles. The first kappa shape index (κ1) is 29.2. The molecule has 212 valence electrons. The minimum absolute atomic E-state index is 0.0270. The van der Waals surface area contributed by atoms with Gasteiger partial charge < -0.3 is 21.0 Å². The Morgan fingerprint density at radius 3 is 2.76 bits per heavy atom. The number of hydrazone groups is 1. The van der Waals surface area contributed by atoms with Crippen molar-refractivity contribution in [3.05, 3.63) is 76.9 Å². The number of H-pyrrole nitrogens is 1. The van der Waals surface area contributed by atoms with E-state index >= 15 is 0 Å². The standard InChI is InChI=1S/C29H32ClN9O2/c1-18-12-28(29-35-16-25(37-29)20-4-6-23(33-2)24(13-20)34-9-11-41)38(3)27(18)14-19(8-10-40)22-15-21(30)5-7-26(22)39(32)17-36-31/h4-11,13-18,28,33H,12,31-32H2,1-3H3,(H,35,37)/b19-8+,27-14-,34-9-,36-17-/t18-,28?/m1/s1. The summed E-state index contributed by atoms with van der Waals surface area (Å²) < 4.78 is 0. The van der Waals surface area contributed by atoms with Crippen LogP contribution in [0.4, 0.5) is 17.1 Å². The minimum atomic E-state index is -0.0270. The zero-order valence-electron chi connectivity index (χ0n) is 23.0. The average Bonchev–Trinajstić information content (AvgIpc) is 3.56. The molecule has 11 nitrogen and oxygen atoms in total. The Morgan fingerprint density at radius 2 is 2.05 bits per heavy atom. The van der Waals surface area contributed by atoms with Gasteiger partial charge in [0, 0.05) is 35.9 Å². The number of hydrazine groups is 1. The molecule has 0 aliphatic carbocycles. The van der Waals surface area contributed by atoms with Gasteiger partial charge >= 0.3 is 0 Å². The molecule has 0 amide bonds. The van der Waals surface area contributed by atoms with Crippen LogP contribution in [0, 0.1) is 5.92 Å². The van der Waals surface area contributed by atoms with Gasteiger partial charge in [0.05, 0.1) is 41.2 Å². The molecule has 3 aromatic rings. The van der Waals surface area contributed by atoms with Crippen molar-refractivity contribution in [3.63, 3.8) is 0 Å². The summed E-state index contributed by atoms with van der Waals surface area (Å²) in [6.45, 7) is 2.13. The number of hydrogen-bond acceptors (Lipinski definition) is 9. The molecule has 0 radical (unpaired) electrons. The monoisotopic (exact) mass is 573 g/mol. The normalized spacial score (nSPS) is 18.5. The van der Waals surface area contributed by atoms with E-state index in [1.807, 2.05) is 31.3 Å².